The fourth-order valence-corrected chi connectivity index (χ4v) is 1.58. The van der Waals surface area contributed by atoms with E-state index >= 15 is 0 Å². The second kappa shape index (κ2) is 5.39. The van der Waals surface area contributed by atoms with Gasteiger partial charge in [-0.3, -0.25) is 0 Å². The molecular weight excluding hydrogens is 220 g/mol. The number of nitrogen functional groups attached to an aromatic ring is 1. The lowest BCUT2D eigenvalue weighted by molar-refractivity contribution is 0.389. The molecule has 4 nitrogen and oxygen atoms in total. The molecule has 0 saturated carbocycles. The SMILES string of the molecule is CSc1nc(N)cc(NCCC(C)(C)C)n1. The van der Waals surface area contributed by atoms with Crippen LogP contribution in [0.4, 0.5) is 11.6 Å². The number of hydrogen-bond donors (Lipinski definition) is 2. The summed E-state index contributed by atoms with van der Waals surface area (Å²) in [7, 11) is 0. The summed E-state index contributed by atoms with van der Waals surface area (Å²) in [5.74, 6) is 1.32. The van der Waals surface area contributed by atoms with Crippen molar-refractivity contribution in [1.82, 2.24) is 9.97 Å². The number of hydrogen-bond acceptors (Lipinski definition) is 5. The molecule has 1 rings (SSSR count). The fraction of sp³-hybridized carbons (Fsp3) is 0.636. The first-order chi connectivity index (χ1) is 7.40. The van der Waals surface area contributed by atoms with Crippen molar-refractivity contribution in [2.24, 2.45) is 5.41 Å². The second-order valence-corrected chi connectivity index (χ2v) is 5.68. The molecule has 0 radical (unpaired) electrons. The van der Waals surface area contributed by atoms with Gasteiger partial charge < -0.3 is 11.1 Å². The van der Waals surface area contributed by atoms with Gasteiger partial charge in [-0.15, -0.1) is 0 Å². The van der Waals surface area contributed by atoms with E-state index in [-0.39, 0.29) is 0 Å². The highest BCUT2D eigenvalue weighted by Gasteiger charge is 2.09. The molecule has 0 atom stereocenters. The van der Waals surface area contributed by atoms with Crippen LogP contribution < -0.4 is 11.1 Å². The van der Waals surface area contributed by atoms with Gasteiger partial charge >= 0.3 is 0 Å². The Kier molecular flexibility index (Phi) is 4.41. The van der Waals surface area contributed by atoms with Crippen LogP contribution in [0, 0.1) is 5.41 Å². The van der Waals surface area contributed by atoms with E-state index in [4.69, 9.17) is 5.73 Å². The quantitative estimate of drug-likeness (QED) is 0.625. The molecule has 0 fully saturated rings. The van der Waals surface area contributed by atoms with E-state index < -0.39 is 0 Å². The Balaban J connectivity index is 2.57. The van der Waals surface area contributed by atoms with Crippen LogP contribution in [0.15, 0.2) is 11.2 Å². The molecule has 0 aliphatic rings. The monoisotopic (exact) mass is 240 g/mol. The van der Waals surface area contributed by atoms with E-state index in [0.717, 1.165) is 18.8 Å². The van der Waals surface area contributed by atoms with Gasteiger partial charge in [-0.2, -0.15) is 0 Å². The highest BCUT2D eigenvalue weighted by atomic mass is 32.2. The number of nitrogens with zero attached hydrogens (tertiary/aromatic N) is 2. The fourth-order valence-electron chi connectivity index (χ4n) is 1.19. The molecule has 0 bridgehead atoms. The smallest absolute Gasteiger partial charge is 0.191 e. The molecule has 0 aliphatic carbocycles. The van der Waals surface area contributed by atoms with Crippen molar-refractivity contribution in [3.8, 4) is 0 Å². The molecule has 90 valence electrons. The Morgan fingerprint density at radius 3 is 2.62 bits per heavy atom. The van der Waals surface area contributed by atoms with Crippen molar-refractivity contribution in [3.63, 3.8) is 0 Å². The molecule has 0 amide bonds. The Labute approximate surface area is 101 Å². The van der Waals surface area contributed by atoms with Crippen LogP contribution in [0.2, 0.25) is 0 Å². The predicted molar refractivity (Wildman–Crippen MR) is 70.8 cm³/mol. The van der Waals surface area contributed by atoms with Crippen molar-refractivity contribution < 1.29 is 0 Å². The third kappa shape index (κ3) is 4.70. The highest BCUT2D eigenvalue weighted by Crippen LogP contribution is 2.19. The van der Waals surface area contributed by atoms with Crippen molar-refractivity contribution in [3.05, 3.63) is 6.07 Å². The Morgan fingerprint density at radius 2 is 2.06 bits per heavy atom. The summed E-state index contributed by atoms with van der Waals surface area (Å²) in [5.41, 5.74) is 6.02. The number of nitrogens with one attached hydrogen (secondary N) is 1. The Hall–Kier alpha value is -0.970. The maximum Gasteiger partial charge on any atom is 0.191 e. The number of thioether (sulfide) groups is 1. The van der Waals surface area contributed by atoms with Crippen LogP contribution in [0.25, 0.3) is 0 Å². The van der Waals surface area contributed by atoms with Crippen LogP contribution in [0.1, 0.15) is 27.2 Å². The average molecular weight is 240 g/mol. The lowest BCUT2D eigenvalue weighted by atomic mass is 9.92. The maximum atomic E-state index is 5.69. The lowest BCUT2D eigenvalue weighted by Crippen LogP contribution is -2.13. The molecule has 0 aliphatic heterocycles. The largest absolute Gasteiger partial charge is 0.383 e. The van der Waals surface area contributed by atoms with Gasteiger partial charge in [0.05, 0.1) is 0 Å². The van der Waals surface area contributed by atoms with E-state index in [0.29, 0.717) is 16.4 Å². The van der Waals surface area contributed by atoms with Crippen LogP contribution in [-0.2, 0) is 0 Å². The topological polar surface area (TPSA) is 63.8 Å². The minimum atomic E-state index is 0.327. The third-order valence-electron chi connectivity index (χ3n) is 2.09. The van der Waals surface area contributed by atoms with Crippen LogP contribution >= 0.6 is 11.8 Å². The zero-order valence-electron chi connectivity index (χ0n) is 10.4. The van der Waals surface area contributed by atoms with E-state index in [9.17, 15) is 0 Å². The van der Waals surface area contributed by atoms with Crippen LogP contribution in [-0.4, -0.2) is 22.8 Å². The van der Waals surface area contributed by atoms with Crippen LogP contribution in [0.5, 0.6) is 0 Å². The van der Waals surface area contributed by atoms with Crippen LogP contribution in [0.3, 0.4) is 0 Å². The van der Waals surface area contributed by atoms with E-state index in [1.807, 2.05) is 6.26 Å². The molecule has 1 heterocycles. The first-order valence-corrected chi connectivity index (χ1v) is 6.55. The average Bonchev–Trinajstić information content (AvgIpc) is 2.14. The maximum absolute atomic E-state index is 5.69. The van der Waals surface area contributed by atoms with E-state index in [2.05, 4.69) is 36.1 Å². The number of anilines is 2. The summed E-state index contributed by atoms with van der Waals surface area (Å²) in [6.45, 7) is 7.55. The van der Waals surface area contributed by atoms with E-state index in [1.165, 1.54) is 11.8 Å². The minimum absolute atomic E-state index is 0.327. The van der Waals surface area contributed by atoms with Gasteiger partial charge in [-0.05, 0) is 18.1 Å². The van der Waals surface area contributed by atoms with Gasteiger partial charge in [0.15, 0.2) is 5.16 Å². The number of aromatic nitrogens is 2. The lowest BCUT2D eigenvalue weighted by Gasteiger charge is -2.18. The van der Waals surface area contributed by atoms with Gasteiger partial charge in [0, 0.05) is 12.6 Å². The summed E-state index contributed by atoms with van der Waals surface area (Å²) in [5, 5.41) is 3.98. The second-order valence-electron chi connectivity index (χ2n) is 4.90. The standard InChI is InChI=1S/C11H20N4S/c1-11(2,3)5-6-13-9-7-8(12)14-10(15-9)16-4/h7H,5-6H2,1-4H3,(H3,12,13,14,15). The third-order valence-corrected chi connectivity index (χ3v) is 2.64. The van der Waals surface area contributed by atoms with Gasteiger partial charge in [-0.1, -0.05) is 32.5 Å². The minimum Gasteiger partial charge on any atom is -0.383 e. The van der Waals surface area contributed by atoms with Gasteiger partial charge in [0.1, 0.15) is 11.6 Å². The molecular formula is C11H20N4S. The van der Waals surface area contributed by atoms with Crippen molar-refractivity contribution in [2.75, 3.05) is 23.9 Å². The number of rotatable bonds is 4. The summed E-state index contributed by atoms with van der Waals surface area (Å²) in [6, 6.07) is 1.77. The summed E-state index contributed by atoms with van der Waals surface area (Å²) in [4.78, 5) is 8.43. The molecule has 0 aromatic carbocycles. The first kappa shape index (κ1) is 13.1. The summed E-state index contributed by atoms with van der Waals surface area (Å²) < 4.78 is 0. The molecule has 1 aromatic rings. The predicted octanol–water partition coefficient (Wildman–Crippen LogP) is 2.63. The zero-order chi connectivity index (χ0) is 12.2. The van der Waals surface area contributed by atoms with Crippen molar-refractivity contribution in [1.29, 1.82) is 0 Å². The number of nitrogens with two attached hydrogens (primary N) is 1. The molecule has 16 heavy (non-hydrogen) atoms. The summed E-state index contributed by atoms with van der Waals surface area (Å²) in [6.07, 6.45) is 3.03. The normalized spacial score (nSPS) is 11.5. The Morgan fingerprint density at radius 1 is 1.38 bits per heavy atom. The molecule has 5 heteroatoms. The summed E-state index contributed by atoms with van der Waals surface area (Å²) >= 11 is 1.49. The van der Waals surface area contributed by atoms with Gasteiger partial charge in [0.25, 0.3) is 0 Å². The Bertz CT molecular complexity index is 346. The van der Waals surface area contributed by atoms with E-state index in [1.54, 1.807) is 6.07 Å². The molecule has 0 unspecified atom stereocenters. The van der Waals surface area contributed by atoms with Gasteiger partial charge in [-0.25, -0.2) is 9.97 Å². The van der Waals surface area contributed by atoms with Crippen molar-refractivity contribution in [2.45, 2.75) is 32.3 Å². The highest BCUT2D eigenvalue weighted by molar-refractivity contribution is 7.98. The van der Waals surface area contributed by atoms with Gasteiger partial charge in [0.2, 0.25) is 0 Å². The zero-order valence-corrected chi connectivity index (χ0v) is 11.2. The molecule has 0 saturated heterocycles. The molecule has 1 aromatic heterocycles. The van der Waals surface area contributed by atoms with Crippen molar-refractivity contribution >= 4 is 23.4 Å². The first-order valence-electron chi connectivity index (χ1n) is 5.33. The molecule has 0 spiro atoms. The molecule has 3 N–H and O–H groups in total.